The Morgan fingerprint density at radius 1 is 1.37 bits per heavy atom. The zero-order chi connectivity index (χ0) is 14.5. The van der Waals surface area contributed by atoms with Crippen LogP contribution in [0.3, 0.4) is 0 Å². The molecule has 0 aromatic heterocycles. The highest BCUT2D eigenvalue weighted by Crippen LogP contribution is 2.14. The Morgan fingerprint density at radius 3 is 2.42 bits per heavy atom. The molecule has 6 heteroatoms. The van der Waals surface area contributed by atoms with Gasteiger partial charge in [0.05, 0.1) is 12.7 Å². The number of ether oxygens (including phenoxy) is 2. The summed E-state index contributed by atoms with van der Waals surface area (Å²) in [5.74, 6) is -0.415. The zero-order valence-electron chi connectivity index (χ0n) is 12.1. The fourth-order valence-corrected chi connectivity index (χ4v) is 1.88. The van der Waals surface area contributed by atoms with E-state index < -0.39 is 12.0 Å². The Hall–Kier alpha value is -1.14. The Bertz CT molecular complexity index is 327. The van der Waals surface area contributed by atoms with Gasteiger partial charge in [-0.3, -0.25) is 4.79 Å². The second-order valence-corrected chi connectivity index (χ2v) is 5.61. The molecule has 0 aromatic carbocycles. The second-order valence-electron chi connectivity index (χ2n) is 5.61. The molecule has 1 atom stereocenters. The van der Waals surface area contributed by atoms with Gasteiger partial charge in [0.15, 0.2) is 0 Å². The molecule has 1 aliphatic heterocycles. The lowest BCUT2D eigenvalue weighted by Gasteiger charge is -2.38. The minimum atomic E-state index is -0.603. The van der Waals surface area contributed by atoms with E-state index in [1.807, 2.05) is 20.8 Å². The van der Waals surface area contributed by atoms with Crippen LogP contribution in [-0.4, -0.2) is 50.3 Å². The molecule has 0 spiro atoms. The number of hydrogen-bond donors (Lipinski definition) is 2. The highest BCUT2D eigenvalue weighted by Gasteiger charge is 2.33. The molecule has 1 saturated heterocycles. The average Bonchev–Trinajstić information content (AvgIpc) is 2.31. The van der Waals surface area contributed by atoms with Crippen LogP contribution in [0.15, 0.2) is 0 Å². The van der Waals surface area contributed by atoms with Crippen LogP contribution < -0.4 is 10.6 Å². The zero-order valence-corrected chi connectivity index (χ0v) is 12.1. The summed E-state index contributed by atoms with van der Waals surface area (Å²) in [7, 11) is 1.32. The normalized spacial score (nSPS) is 18.6. The van der Waals surface area contributed by atoms with Crippen LogP contribution in [0.25, 0.3) is 0 Å². The van der Waals surface area contributed by atoms with E-state index >= 15 is 0 Å². The number of amides is 1. The minimum Gasteiger partial charge on any atom is -0.467 e. The fraction of sp³-hybridized carbons (Fsp3) is 0.846. The van der Waals surface area contributed by atoms with E-state index in [2.05, 4.69) is 15.4 Å². The topological polar surface area (TPSA) is 76.7 Å². The SMILES string of the molecule is COC(=O)C(CC(C)C)NC(=O)COC1(C)CNC1. The summed E-state index contributed by atoms with van der Waals surface area (Å²) in [4.78, 5) is 23.3. The molecule has 1 amide bonds. The lowest BCUT2D eigenvalue weighted by molar-refractivity contribution is -0.148. The molecule has 0 aliphatic carbocycles. The predicted octanol–water partition coefficient (Wildman–Crippen LogP) is 0.0688. The van der Waals surface area contributed by atoms with E-state index in [-0.39, 0.29) is 18.1 Å². The van der Waals surface area contributed by atoms with E-state index in [1.54, 1.807) is 0 Å². The maximum absolute atomic E-state index is 11.8. The average molecular weight is 272 g/mol. The van der Waals surface area contributed by atoms with Crippen molar-refractivity contribution in [2.24, 2.45) is 5.92 Å². The first-order valence-corrected chi connectivity index (χ1v) is 6.58. The number of rotatable bonds is 7. The van der Waals surface area contributed by atoms with Crippen LogP contribution in [0, 0.1) is 5.92 Å². The van der Waals surface area contributed by atoms with E-state index in [0.29, 0.717) is 12.3 Å². The van der Waals surface area contributed by atoms with Crippen LogP contribution in [0.1, 0.15) is 27.2 Å². The van der Waals surface area contributed by atoms with Gasteiger partial charge in [0, 0.05) is 13.1 Å². The summed E-state index contributed by atoms with van der Waals surface area (Å²) in [6.45, 7) is 7.37. The van der Waals surface area contributed by atoms with Crippen LogP contribution in [0.5, 0.6) is 0 Å². The van der Waals surface area contributed by atoms with Crippen molar-refractivity contribution in [3.8, 4) is 0 Å². The molecular formula is C13H24N2O4. The van der Waals surface area contributed by atoms with Gasteiger partial charge in [-0.15, -0.1) is 0 Å². The van der Waals surface area contributed by atoms with Gasteiger partial charge >= 0.3 is 5.97 Å². The Labute approximate surface area is 114 Å². The fourth-order valence-electron chi connectivity index (χ4n) is 1.88. The first-order valence-electron chi connectivity index (χ1n) is 6.58. The van der Waals surface area contributed by atoms with Crippen molar-refractivity contribution < 1.29 is 19.1 Å². The largest absolute Gasteiger partial charge is 0.467 e. The van der Waals surface area contributed by atoms with Gasteiger partial charge < -0.3 is 20.1 Å². The van der Waals surface area contributed by atoms with Gasteiger partial charge in [-0.25, -0.2) is 4.79 Å². The number of esters is 1. The maximum Gasteiger partial charge on any atom is 0.328 e. The van der Waals surface area contributed by atoms with Gasteiger partial charge in [0.2, 0.25) is 5.91 Å². The highest BCUT2D eigenvalue weighted by molar-refractivity contribution is 5.85. The van der Waals surface area contributed by atoms with E-state index in [4.69, 9.17) is 4.74 Å². The standard InChI is InChI=1S/C13H24N2O4/c1-9(2)5-10(12(17)18-4)15-11(16)6-19-13(3)7-14-8-13/h9-10,14H,5-8H2,1-4H3,(H,15,16). The van der Waals surface area contributed by atoms with Crippen molar-refractivity contribution in [3.05, 3.63) is 0 Å². The summed E-state index contributed by atoms with van der Waals surface area (Å²) in [6, 6.07) is -0.603. The first kappa shape index (κ1) is 15.9. The third-order valence-corrected chi connectivity index (χ3v) is 3.08. The highest BCUT2D eigenvalue weighted by atomic mass is 16.5. The van der Waals surface area contributed by atoms with Crippen LogP contribution >= 0.6 is 0 Å². The molecule has 0 bridgehead atoms. The summed E-state index contributed by atoms with van der Waals surface area (Å²) >= 11 is 0. The van der Waals surface area contributed by atoms with Gasteiger partial charge in [-0.2, -0.15) is 0 Å². The van der Waals surface area contributed by atoms with E-state index in [0.717, 1.165) is 13.1 Å². The monoisotopic (exact) mass is 272 g/mol. The molecule has 2 N–H and O–H groups in total. The molecule has 1 fully saturated rings. The number of methoxy groups -OCH3 is 1. The number of hydrogen-bond acceptors (Lipinski definition) is 5. The minimum absolute atomic E-state index is 0.0379. The molecule has 110 valence electrons. The Balaban J connectivity index is 2.39. The lowest BCUT2D eigenvalue weighted by atomic mass is 10.0. The molecule has 0 aromatic rings. The number of carbonyl (C=O) groups is 2. The predicted molar refractivity (Wildman–Crippen MR) is 70.6 cm³/mol. The Kier molecular flexibility index (Phi) is 5.75. The van der Waals surface area contributed by atoms with Gasteiger partial charge in [-0.05, 0) is 19.3 Å². The van der Waals surface area contributed by atoms with Crippen LogP contribution in [0.2, 0.25) is 0 Å². The molecule has 1 unspecified atom stereocenters. The molecule has 0 radical (unpaired) electrons. The molecule has 0 saturated carbocycles. The van der Waals surface area contributed by atoms with Crippen molar-refractivity contribution in [1.29, 1.82) is 0 Å². The number of carbonyl (C=O) groups excluding carboxylic acids is 2. The van der Waals surface area contributed by atoms with Gasteiger partial charge in [-0.1, -0.05) is 13.8 Å². The molecule has 19 heavy (non-hydrogen) atoms. The van der Waals surface area contributed by atoms with E-state index in [9.17, 15) is 9.59 Å². The van der Waals surface area contributed by atoms with Gasteiger partial charge in [0.1, 0.15) is 12.6 Å². The quantitative estimate of drug-likeness (QED) is 0.641. The van der Waals surface area contributed by atoms with E-state index in [1.165, 1.54) is 7.11 Å². The smallest absolute Gasteiger partial charge is 0.328 e. The summed E-state index contributed by atoms with van der Waals surface area (Å²) in [5, 5.41) is 5.75. The third-order valence-electron chi connectivity index (χ3n) is 3.08. The lowest BCUT2D eigenvalue weighted by Crippen LogP contribution is -2.60. The van der Waals surface area contributed by atoms with Crippen molar-refractivity contribution in [1.82, 2.24) is 10.6 Å². The van der Waals surface area contributed by atoms with Crippen molar-refractivity contribution in [2.75, 3.05) is 26.8 Å². The molecule has 6 nitrogen and oxygen atoms in total. The summed E-state index contributed by atoms with van der Waals surface area (Å²) in [5.41, 5.74) is -0.268. The van der Waals surface area contributed by atoms with Crippen LogP contribution in [-0.2, 0) is 19.1 Å². The van der Waals surface area contributed by atoms with Crippen LogP contribution in [0.4, 0.5) is 0 Å². The first-order chi connectivity index (χ1) is 8.86. The maximum atomic E-state index is 11.8. The molecule has 1 rings (SSSR count). The molecule has 1 heterocycles. The third kappa shape index (κ3) is 5.16. The number of nitrogens with one attached hydrogen (secondary N) is 2. The molecule has 1 aliphatic rings. The van der Waals surface area contributed by atoms with Gasteiger partial charge in [0.25, 0.3) is 0 Å². The van der Waals surface area contributed by atoms with Crippen molar-refractivity contribution in [3.63, 3.8) is 0 Å². The molecular weight excluding hydrogens is 248 g/mol. The summed E-state index contributed by atoms with van der Waals surface area (Å²) < 4.78 is 10.2. The second kappa shape index (κ2) is 6.86. The van der Waals surface area contributed by atoms with Crippen molar-refractivity contribution >= 4 is 11.9 Å². The Morgan fingerprint density at radius 2 is 2.00 bits per heavy atom. The summed E-state index contributed by atoms with van der Waals surface area (Å²) in [6.07, 6.45) is 0.553. The van der Waals surface area contributed by atoms with Crippen molar-refractivity contribution in [2.45, 2.75) is 38.8 Å².